The molecule has 0 spiro atoms. The molecule has 2 aromatic rings. The van der Waals surface area contributed by atoms with E-state index in [2.05, 4.69) is 0 Å². The van der Waals surface area contributed by atoms with Crippen LogP contribution in [0, 0.1) is 11.7 Å². The largest absolute Gasteiger partial charge is 0.385 e. The Kier molecular flexibility index (Phi) is 4.07. The number of rotatable bonds is 3. The first kappa shape index (κ1) is 15.5. The Balaban J connectivity index is 2.02. The highest BCUT2D eigenvalue weighted by atomic mass is 19.1. The highest BCUT2D eigenvalue weighted by molar-refractivity contribution is 6.05. The lowest BCUT2D eigenvalue weighted by molar-refractivity contribution is -0.131. The summed E-state index contributed by atoms with van der Waals surface area (Å²) in [6.45, 7) is 0. The maximum absolute atomic E-state index is 13.1. The lowest BCUT2D eigenvalue weighted by Gasteiger charge is -2.21. The number of carbonyl (C=O) groups excluding carboxylic acids is 2. The normalized spacial score (nSPS) is 27.2. The van der Waals surface area contributed by atoms with Crippen molar-refractivity contribution in [2.45, 2.75) is 18.1 Å². The molecule has 0 heterocycles. The van der Waals surface area contributed by atoms with Gasteiger partial charge in [0.2, 0.25) is 0 Å². The molecule has 0 aliphatic heterocycles. The molecule has 2 N–H and O–H groups in total. The van der Waals surface area contributed by atoms with Crippen molar-refractivity contribution >= 4 is 11.6 Å². The molecule has 3 rings (SSSR count). The van der Waals surface area contributed by atoms with E-state index in [1.165, 1.54) is 24.3 Å². The van der Waals surface area contributed by atoms with Gasteiger partial charge in [0.1, 0.15) is 18.0 Å². The van der Waals surface area contributed by atoms with E-state index in [0.29, 0.717) is 11.1 Å². The molecule has 0 radical (unpaired) electrons. The van der Waals surface area contributed by atoms with Crippen LogP contribution < -0.4 is 0 Å². The zero-order chi connectivity index (χ0) is 16.6. The van der Waals surface area contributed by atoms with Crippen molar-refractivity contribution < 1.29 is 24.2 Å². The third-order valence-electron chi connectivity index (χ3n) is 4.27. The van der Waals surface area contributed by atoms with Gasteiger partial charge >= 0.3 is 0 Å². The molecule has 1 aliphatic rings. The van der Waals surface area contributed by atoms with Crippen LogP contribution in [0.3, 0.4) is 0 Å². The van der Waals surface area contributed by atoms with Crippen LogP contribution in [-0.2, 0) is 4.79 Å². The second-order valence-electron chi connectivity index (χ2n) is 5.63. The number of Topliss-reactive ketones (excluding diaryl/α,β-unsaturated/α-hetero) is 2. The average molecular weight is 314 g/mol. The zero-order valence-corrected chi connectivity index (χ0v) is 12.1. The molecule has 1 saturated carbocycles. The van der Waals surface area contributed by atoms with E-state index in [0.717, 1.165) is 0 Å². The predicted molar refractivity (Wildman–Crippen MR) is 80.4 cm³/mol. The van der Waals surface area contributed by atoms with Gasteiger partial charge in [-0.15, -0.1) is 0 Å². The van der Waals surface area contributed by atoms with E-state index >= 15 is 0 Å². The molecule has 1 aliphatic carbocycles. The van der Waals surface area contributed by atoms with Crippen LogP contribution >= 0.6 is 0 Å². The van der Waals surface area contributed by atoms with Gasteiger partial charge in [-0.05, 0) is 17.7 Å². The minimum absolute atomic E-state index is 0.352. The minimum atomic E-state index is -1.58. The zero-order valence-electron chi connectivity index (χ0n) is 12.1. The van der Waals surface area contributed by atoms with E-state index in [1.54, 1.807) is 30.3 Å². The third kappa shape index (κ3) is 2.69. The van der Waals surface area contributed by atoms with Gasteiger partial charge in [0.05, 0.1) is 5.92 Å². The fraction of sp³-hybridized carbons (Fsp3) is 0.222. The fourth-order valence-corrected chi connectivity index (χ4v) is 3.10. The molecule has 118 valence electrons. The second-order valence-corrected chi connectivity index (χ2v) is 5.63. The number of carbonyl (C=O) groups is 2. The maximum Gasteiger partial charge on any atom is 0.191 e. The molecule has 2 aromatic carbocycles. The van der Waals surface area contributed by atoms with Crippen LogP contribution in [0.5, 0.6) is 0 Å². The Labute approximate surface area is 132 Å². The van der Waals surface area contributed by atoms with Gasteiger partial charge < -0.3 is 10.2 Å². The summed E-state index contributed by atoms with van der Waals surface area (Å²) in [4.78, 5) is 24.7. The number of hydrogen-bond donors (Lipinski definition) is 2. The number of aliphatic hydroxyl groups is 2. The molecule has 0 amide bonds. The summed E-state index contributed by atoms with van der Waals surface area (Å²) >= 11 is 0. The topological polar surface area (TPSA) is 74.6 Å². The molecular weight excluding hydrogens is 299 g/mol. The summed E-state index contributed by atoms with van der Waals surface area (Å²) in [6, 6.07) is 13.5. The maximum atomic E-state index is 13.1. The molecule has 4 atom stereocenters. The van der Waals surface area contributed by atoms with Crippen molar-refractivity contribution in [2.75, 3.05) is 0 Å². The van der Waals surface area contributed by atoms with Gasteiger partial charge in [0, 0.05) is 11.5 Å². The lowest BCUT2D eigenvalue weighted by atomic mass is 9.82. The minimum Gasteiger partial charge on any atom is -0.385 e. The van der Waals surface area contributed by atoms with Gasteiger partial charge in [0.15, 0.2) is 11.6 Å². The predicted octanol–water partition coefficient (Wildman–Crippen LogP) is 1.71. The average Bonchev–Trinajstić information content (AvgIpc) is 2.80. The number of aliphatic hydroxyl groups excluding tert-OH is 2. The smallest absolute Gasteiger partial charge is 0.191 e. The Morgan fingerprint density at radius 2 is 1.52 bits per heavy atom. The van der Waals surface area contributed by atoms with Gasteiger partial charge in [-0.3, -0.25) is 9.59 Å². The SMILES string of the molecule is O=C1C(O)C(C(=O)c2ccccc2)C(c2ccc(F)cc2)C1O. The van der Waals surface area contributed by atoms with Gasteiger partial charge in [-0.2, -0.15) is 0 Å². The van der Waals surface area contributed by atoms with Crippen LogP contribution in [-0.4, -0.2) is 34.0 Å². The molecule has 0 aromatic heterocycles. The molecule has 23 heavy (non-hydrogen) atoms. The number of benzene rings is 2. The molecule has 1 fully saturated rings. The van der Waals surface area contributed by atoms with E-state index in [1.807, 2.05) is 0 Å². The summed E-state index contributed by atoms with van der Waals surface area (Å²) in [5, 5.41) is 20.3. The van der Waals surface area contributed by atoms with Crippen LogP contribution in [0.15, 0.2) is 54.6 Å². The first-order valence-electron chi connectivity index (χ1n) is 7.25. The van der Waals surface area contributed by atoms with Crippen molar-refractivity contribution in [1.82, 2.24) is 0 Å². The van der Waals surface area contributed by atoms with E-state index in [4.69, 9.17) is 0 Å². The van der Waals surface area contributed by atoms with Crippen molar-refractivity contribution in [3.8, 4) is 0 Å². The van der Waals surface area contributed by atoms with Gasteiger partial charge in [0.25, 0.3) is 0 Å². The Hall–Kier alpha value is -2.37. The molecule has 0 saturated heterocycles. The molecule has 5 heteroatoms. The Bertz CT molecular complexity index is 726. The molecule has 4 nitrogen and oxygen atoms in total. The van der Waals surface area contributed by atoms with Crippen molar-refractivity contribution in [2.24, 2.45) is 5.92 Å². The molecule has 4 unspecified atom stereocenters. The number of halogens is 1. The van der Waals surface area contributed by atoms with Crippen molar-refractivity contribution in [3.63, 3.8) is 0 Å². The fourth-order valence-electron chi connectivity index (χ4n) is 3.10. The third-order valence-corrected chi connectivity index (χ3v) is 4.27. The quantitative estimate of drug-likeness (QED) is 0.846. The van der Waals surface area contributed by atoms with Crippen LogP contribution in [0.1, 0.15) is 21.8 Å². The summed E-state index contributed by atoms with van der Waals surface area (Å²) < 4.78 is 13.1. The second kappa shape index (κ2) is 6.02. The van der Waals surface area contributed by atoms with Crippen LogP contribution in [0.4, 0.5) is 4.39 Å². The van der Waals surface area contributed by atoms with E-state index in [-0.39, 0.29) is 0 Å². The molecule has 0 bridgehead atoms. The first-order valence-corrected chi connectivity index (χ1v) is 7.25. The standard InChI is InChI=1S/C18H15FO4/c19-12-8-6-10(7-9-12)13-14(17(22)18(23)16(13)21)15(20)11-4-2-1-3-5-11/h1-9,13-14,16-17,21-22H. The van der Waals surface area contributed by atoms with Gasteiger partial charge in [-0.1, -0.05) is 42.5 Å². The summed E-state index contributed by atoms with van der Waals surface area (Å²) in [5.41, 5.74) is 0.795. The van der Waals surface area contributed by atoms with Gasteiger partial charge in [-0.25, -0.2) is 4.39 Å². The monoisotopic (exact) mass is 314 g/mol. The summed E-state index contributed by atoms with van der Waals surface area (Å²) in [6.07, 6.45) is -3.07. The number of ketones is 2. The first-order chi connectivity index (χ1) is 11.0. The lowest BCUT2D eigenvalue weighted by Crippen LogP contribution is -2.30. The van der Waals surface area contributed by atoms with Crippen molar-refractivity contribution in [1.29, 1.82) is 0 Å². The van der Waals surface area contributed by atoms with Crippen LogP contribution in [0.25, 0.3) is 0 Å². The van der Waals surface area contributed by atoms with E-state index in [9.17, 15) is 24.2 Å². The summed E-state index contributed by atoms with van der Waals surface area (Å²) in [5.74, 6) is -3.65. The highest BCUT2D eigenvalue weighted by Crippen LogP contribution is 2.40. The highest BCUT2D eigenvalue weighted by Gasteiger charge is 2.52. The van der Waals surface area contributed by atoms with Crippen molar-refractivity contribution in [3.05, 3.63) is 71.5 Å². The van der Waals surface area contributed by atoms with Crippen LogP contribution in [0.2, 0.25) is 0 Å². The summed E-state index contributed by atoms with van der Waals surface area (Å²) in [7, 11) is 0. The molecular formula is C18H15FO4. The Morgan fingerprint density at radius 1 is 0.913 bits per heavy atom. The Morgan fingerprint density at radius 3 is 2.13 bits per heavy atom. The number of hydrogen-bond acceptors (Lipinski definition) is 4. The van der Waals surface area contributed by atoms with E-state index < -0.39 is 41.4 Å².